The van der Waals surface area contributed by atoms with Crippen molar-refractivity contribution in [1.29, 1.82) is 5.26 Å². The lowest BCUT2D eigenvalue weighted by molar-refractivity contribution is -0.431. The van der Waals surface area contributed by atoms with Crippen LogP contribution in [0.25, 0.3) is 0 Å². The van der Waals surface area contributed by atoms with E-state index in [9.17, 15) is 14.9 Å². The summed E-state index contributed by atoms with van der Waals surface area (Å²) < 4.78 is 15.2. The van der Waals surface area contributed by atoms with Crippen LogP contribution in [0, 0.1) is 21.4 Å². The molecule has 1 aromatic carbocycles. The van der Waals surface area contributed by atoms with Gasteiger partial charge in [0.1, 0.15) is 24.3 Å². The number of rotatable bonds is 6. The molecule has 154 valence electrons. The van der Waals surface area contributed by atoms with Gasteiger partial charge in [0, 0.05) is 11.3 Å². The minimum absolute atomic E-state index is 0.0259. The summed E-state index contributed by atoms with van der Waals surface area (Å²) in [6.45, 7) is 3.05. The number of aromatic nitrogens is 2. The highest BCUT2D eigenvalue weighted by atomic mass is 16.6. The second-order valence-electron chi connectivity index (χ2n) is 6.35. The minimum Gasteiger partial charge on any atom is -0.487 e. The molecule has 1 N–H and O–H groups in total. The molecule has 0 bridgehead atoms. The fourth-order valence-corrected chi connectivity index (χ4v) is 3.29. The summed E-state index contributed by atoms with van der Waals surface area (Å²) in [5, 5.41) is 30.9. The van der Waals surface area contributed by atoms with Gasteiger partial charge in [-0.2, -0.15) is 5.26 Å². The van der Waals surface area contributed by atoms with E-state index in [1.807, 2.05) is 6.07 Å². The van der Waals surface area contributed by atoms with Crippen molar-refractivity contribution >= 4 is 5.97 Å². The van der Waals surface area contributed by atoms with E-state index >= 15 is 0 Å². The highest BCUT2D eigenvalue weighted by Gasteiger charge is 2.42. The number of nitro groups is 1. The molecule has 0 amide bonds. The summed E-state index contributed by atoms with van der Waals surface area (Å²) in [4.78, 5) is 23.8. The number of benzene rings is 1. The summed E-state index contributed by atoms with van der Waals surface area (Å²) in [6.07, 6.45) is 0. The van der Waals surface area contributed by atoms with Crippen LogP contribution in [-0.4, -0.2) is 28.3 Å². The molecule has 1 atom stereocenters. The molecule has 11 heteroatoms. The first-order chi connectivity index (χ1) is 14.4. The Bertz CT molecular complexity index is 1110. The van der Waals surface area contributed by atoms with Crippen LogP contribution in [0.1, 0.15) is 36.7 Å². The first kappa shape index (κ1) is 20.5. The van der Waals surface area contributed by atoms with Crippen molar-refractivity contribution in [3.8, 4) is 11.8 Å². The Labute approximate surface area is 170 Å². The largest absolute Gasteiger partial charge is 0.487 e. The number of nitriles is 1. The second kappa shape index (κ2) is 8.44. The number of esters is 1. The van der Waals surface area contributed by atoms with E-state index in [2.05, 4.69) is 20.3 Å². The monoisotopic (exact) mass is 411 g/mol. The predicted molar refractivity (Wildman–Crippen MR) is 100 cm³/mol. The molecular formula is C19H17N5O6. The number of dihydropyridines is 1. The Morgan fingerprint density at radius 3 is 2.73 bits per heavy atom. The third-order valence-electron chi connectivity index (χ3n) is 4.58. The zero-order valence-electron chi connectivity index (χ0n) is 16.3. The van der Waals surface area contributed by atoms with Gasteiger partial charge in [-0.25, -0.2) is 9.42 Å². The maximum Gasteiger partial charge on any atom is 0.336 e. The van der Waals surface area contributed by atoms with Crippen LogP contribution in [0.5, 0.6) is 5.75 Å². The molecule has 0 radical (unpaired) electrons. The van der Waals surface area contributed by atoms with E-state index in [0.29, 0.717) is 17.0 Å². The van der Waals surface area contributed by atoms with Crippen molar-refractivity contribution in [3.63, 3.8) is 0 Å². The number of nitrogens with zero attached hydrogens (tertiary/aromatic N) is 4. The van der Waals surface area contributed by atoms with E-state index in [1.165, 1.54) is 7.11 Å². The predicted octanol–water partition coefficient (Wildman–Crippen LogP) is 2.16. The van der Waals surface area contributed by atoms with Crippen molar-refractivity contribution < 1.29 is 23.8 Å². The van der Waals surface area contributed by atoms with Crippen LogP contribution in [-0.2, 0) is 16.1 Å². The van der Waals surface area contributed by atoms with Gasteiger partial charge >= 0.3 is 5.97 Å². The van der Waals surface area contributed by atoms with Gasteiger partial charge in [0.05, 0.1) is 23.3 Å². The molecule has 0 fully saturated rings. The van der Waals surface area contributed by atoms with Crippen LogP contribution in [0.3, 0.4) is 0 Å². The van der Waals surface area contributed by atoms with E-state index in [1.54, 1.807) is 38.1 Å². The first-order valence-electron chi connectivity index (χ1n) is 8.73. The fraction of sp³-hybridized carbons (Fsp3) is 0.263. The van der Waals surface area contributed by atoms with Crippen LogP contribution < -0.4 is 10.1 Å². The number of para-hydroxylation sites is 1. The molecule has 30 heavy (non-hydrogen) atoms. The molecule has 3 rings (SSSR count). The summed E-state index contributed by atoms with van der Waals surface area (Å²) in [5.41, 5.74) is 1.19. The van der Waals surface area contributed by atoms with Gasteiger partial charge < -0.3 is 14.8 Å². The van der Waals surface area contributed by atoms with Crippen LogP contribution >= 0.6 is 0 Å². The minimum atomic E-state index is -1.03. The first-order valence-corrected chi connectivity index (χ1v) is 8.73. The molecule has 0 spiro atoms. The van der Waals surface area contributed by atoms with Crippen LogP contribution in [0.15, 0.2) is 51.6 Å². The number of ether oxygens (including phenoxy) is 2. The topological polar surface area (TPSA) is 153 Å². The third kappa shape index (κ3) is 3.70. The van der Waals surface area contributed by atoms with Gasteiger partial charge in [-0.3, -0.25) is 10.1 Å². The summed E-state index contributed by atoms with van der Waals surface area (Å²) in [6, 6.07) is 8.43. The van der Waals surface area contributed by atoms with Crippen LogP contribution in [0.2, 0.25) is 0 Å². The Kier molecular flexibility index (Phi) is 5.78. The molecule has 0 saturated carbocycles. The van der Waals surface area contributed by atoms with Gasteiger partial charge in [-0.05, 0) is 30.2 Å². The number of nitrogens with one attached hydrogen (secondary N) is 1. The Hall–Kier alpha value is -4.20. The average molecular weight is 411 g/mol. The molecule has 2 aromatic rings. The van der Waals surface area contributed by atoms with Crippen molar-refractivity contribution in [2.24, 2.45) is 0 Å². The van der Waals surface area contributed by atoms with Gasteiger partial charge in [-0.1, -0.05) is 18.2 Å². The van der Waals surface area contributed by atoms with E-state index in [-0.39, 0.29) is 35.0 Å². The molecule has 0 aliphatic carbocycles. The summed E-state index contributed by atoms with van der Waals surface area (Å²) in [7, 11) is 1.21. The lowest BCUT2D eigenvalue weighted by atomic mass is 9.83. The van der Waals surface area contributed by atoms with Crippen molar-refractivity contribution in [3.05, 3.63) is 74.0 Å². The standard InChI is InChI=1S/C19H17N5O6/c1-10-16(19(25)28-3)17(18(24(26)27)11(2)21-10)12-6-4-5-7-15(12)29-9-14-13(8-20)22-30-23-14/h4-7,17,21H,9H2,1-3H3. The molecule has 1 aliphatic rings. The van der Waals surface area contributed by atoms with Gasteiger partial charge in [0.25, 0.3) is 5.70 Å². The van der Waals surface area contributed by atoms with Crippen molar-refractivity contribution in [2.45, 2.75) is 26.4 Å². The average Bonchev–Trinajstić information content (AvgIpc) is 3.18. The molecular weight excluding hydrogens is 394 g/mol. The zero-order valence-corrected chi connectivity index (χ0v) is 16.3. The second-order valence-corrected chi connectivity index (χ2v) is 6.35. The molecule has 1 aromatic heterocycles. The SMILES string of the molecule is COC(=O)C1=C(C)NC(C)=C([N+](=O)[O-])C1c1ccccc1OCc1nonc1C#N. The maximum absolute atomic E-state index is 12.5. The summed E-state index contributed by atoms with van der Waals surface area (Å²) >= 11 is 0. The number of hydrogen-bond acceptors (Lipinski definition) is 10. The highest BCUT2D eigenvalue weighted by Crippen LogP contribution is 2.42. The zero-order chi connectivity index (χ0) is 21.8. The van der Waals surface area contributed by atoms with E-state index < -0.39 is 16.8 Å². The lowest BCUT2D eigenvalue weighted by Crippen LogP contribution is -2.31. The molecule has 0 saturated heterocycles. The Morgan fingerprint density at radius 2 is 2.07 bits per heavy atom. The number of allylic oxidation sites excluding steroid dienone is 3. The fourth-order valence-electron chi connectivity index (χ4n) is 3.29. The normalized spacial score (nSPS) is 16.0. The van der Waals surface area contributed by atoms with Gasteiger partial charge in [0.2, 0.25) is 5.69 Å². The van der Waals surface area contributed by atoms with Gasteiger partial charge in [0.15, 0.2) is 5.69 Å². The highest BCUT2D eigenvalue weighted by molar-refractivity contribution is 5.92. The number of hydrogen-bond donors (Lipinski definition) is 1. The van der Waals surface area contributed by atoms with Crippen molar-refractivity contribution in [2.75, 3.05) is 7.11 Å². The smallest absolute Gasteiger partial charge is 0.336 e. The quantitative estimate of drug-likeness (QED) is 0.425. The Balaban J connectivity index is 2.09. The number of methoxy groups -OCH3 is 1. The third-order valence-corrected chi connectivity index (χ3v) is 4.58. The van der Waals surface area contributed by atoms with Gasteiger partial charge in [-0.15, -0.1) is 0 Å². The molecule has 2 heterocycles. The maximum atomic E-state index is 12.5. The van der Waals surface area contributed by atoms with E-state index in [0.717, 1.165) is 0 Å². The van der Waals surface area contributed by atoms with E-state index in [4.69, 9.17) is 14.7 Å². The molecule has 11 nitrogen and oxygen atoms in total. The summed E-state index contributed by atoms with van der Waals surface area (Å²) in [5.74, 6) is -1.45. The lowest BCUT2D eigenvalue weighted by Gasteiger charge is -2.27. The molecule has 1 aliphatic heterocycles. The number of carbonyl (C=O) groups excluding carboxylic acids is 1. The van der Waals surface area contributed by atoms with Crippen LogP contribution in [0.4, 0.5) is 0 Å². The Morgan fingerprint density at radius 1 is 1.33 bits per heavy atom. The number of carbonyl (C=O) groups is 1. The molecule has 1 unspecified atom stereocenters. The van der Waals surface area contributed by atoms with Crippen molar-refractivity contribution in [1.82, 2.24) is 15.6 Å².